The lowest BCUT2D eigenvalue weighted by molar-refractivity contribution is 0.342. The number of fused-ring (bicyclic) bond motifs is 1. The Labute approximate surface area is 91.6 Å². The molecule has 0 bridgehead atoms. The van der Waals surface area contributed by atoms with Gasteiger partial charge in [0, 0.05) is 13.1 Å². The number of benzene rings is 1. The molecule has 0 fully saturated rings. The lowest BCUT2D eigenvalue weighted by Gasteiger charge is -2.31. The third-order valence-corrected chi connectivity index (χ3v) is 3.01. The zero-order valence-corrected chi connectivity index (χ0v) is 9.91. The Hall–Kier alpha value is -1.22. The van der Waals surface area contributed by atoms with Gasteiger partial charge in [-0.1, -0.05) is 13.0 Å². The van der Waals surface area contributed by atoms with E-state index >= 15 is 0 Å². The summed E-state index contributed by atoms with van der Waals surface area (Å²) in [6, 6.07) is 7.06. The summed E-state index contributed by atoms with van der Waals surface area (Å²) in [7, 11) is 2.06. The van der Waals surface area contributed by atoms with Crippen molar-refractivity contribution in [3.63, 3.8) is 0 Å². The highest BCUT2D eigenvalue weighted by Gasteiger charge is 2.26. The van der Waals surface area contributed by atoms with Crippen LogP contribution in [0.3, 0.4) is 0 Å². The van der Waals surface area contributed by atoms with E-state index in [0.717, 1.165) is 6.42 Å². The first-order valence-electron chi connectivity index (χ1n) is 5.53. The number of hydrogen-bond donors (Lipinski definition) is 1. The highest BCUT2D eigenvalue weighted by molar-refractivity contribution is 5.74. The molecule has 1 aliphatic rings. The molecule has 1 aromatic rings. The van der Waals surface area contributed by atoms with E-state index in [-0.39, 0.29) is 0 Å². The fourth-order valence-electron chi connectivity index (χ4n) is 2.04. The van der Waals surface area contributed by atoms with Crippen LogP contribution in [0.15, 0.2) is 18.2 Å². The van der Waals surface area contributed by atoms with Crippen LogP contribution in [-0.2, 0) is 0 Å². The van der Waals surface area contributed by atoms with E-state index in [9.17, 15) is 0 Å². The van der Waals surface area contributed by atoms with Gasteiger partial charge in [-0.05, 0) is 38.0 Å². The molecular weight excluding hydrogens is 186 g/mol. The minimum Gasteiger partial charge on any atom is -0.299 e. The Morgan fingerprint density at radius 1 is 1.40 bits per heavy atom. The Morgan fingerprint density at radius 3 is 2.80 bits per heavy atom. The largest absolute Gasteiger partial charge is 0.299 e. The summed E-state index contributed by atoms with van der Waals surface area (Å²) in [5.41, 5.74) is 7.14. The zero-order chi connectivity index (χ0) is 11.0. The number of anilines is 2. The lowest BCUT2D eigenvalue weighted by atomic mass is 10.1. The van der Waals surface area contributed by atoms with Crippen molar-refractivity contribution >= 4 is 11.4 Å². The fraction of sp³-hybridized carbons (Fsp3) is 0.500. The maximum atomic E-state index is 3.36. The summed E-state index contributed by atoms with van der Waals surface area (Å²) in [5.74, 6) is 0. The minimum atomic E-state index is 0.520. The van der Waals surface area contributed by atoms with Gasteiger partial charge in [-0.2, -0.15) is 0 Å². The molecule has 1 heterocycles. The predicted octanol–water partition coefficient (Wildman–Crippen LogP) is 2.79. The summed E-state index contributed by atoms with van der Waals surface area (Å²) in [4.78, 5) is 0. The van der Waals surface area contributed by atoms with Gasteiger partial charge in [0.2, 0.25) is 0 Å². The molecule has 3 heteroatoms. The molecule has 0 aromatic heterocycles. The van der Waals surface area contributed by atoms with Gasteiger partial charge >= 0.3 is 0 Å². The molecule has 1 aliphatic heterocycles. The summed E-state index contributed by atoms with van der Waals surface area (Å²) in [6.07, 6.45) is 1.14. The second-order valence-electron chi connectivity index (χ2n) is 4.26. The first-order chi connectivity index (χ1) is 7.13. The Kier molecular flexibility index (Phi) is 2.57. The average Bonchev–Trinajstić information content (AvgIpc) is 2.52. The molecule has 0 spiro atoms. The summed E-state index contributed by atoms with van der Waals surface area (Å²) in [6.45, 7) is 6.58. The lowest BCUT2D eigenvalue weighted by Crippen LogP contribution is -2.43. The molecule has 3 nitrogen and oxygen atoms in total. The van der Waals surface area contributed by atoms with Crippen LogP contribution < -0.4 is 10.4 Å². The van der Waals surface area contributed by atoms with Crippen LogP contribution in [-0.4, -0.2) is 18.2 Å². The van der Waals surface area contributed by atoms with Crippen LogP contribution in [0.2, 0.25) is 0 Å². The highest BCUT2D eigenvalue weighted by Crippen LogP contribution is 2.35. The Bertz CT molecular complexity index is 362. The van der Waals surface area contributed by atoms with Crippen LogP contribution >= 0.6 is 0 Å². The summed E-state index contributed by atoms with van der Waals surface area (Å²) in [5, 5.41) is 4.37. The number of hydrazine groups is 2. The molecule has 1 unspecified atom stereocenters. The van der Waals surface area contributed by atoms with E-state index in [1.807, 2.05) is 0 Å². The maximum Gasteiger partial charge on any atom is 0.0788 e. The van der Waals surface area contributed by atoms with Crippen LogP contribution in [0.4, 0.5) is 11.4 Å². The van der Waals surface area contributed by atoms with E-state index in [4.69, 9.17) is 0 Å². The average molecular weight is 205 g/mol. The molecule has 82 valence electrons. The monoisotopic (exact) mass is 205 g/mol. The van der Waals surface area contributed by atoms with Gasteiger partial charge in [0.1, 0.15) is 0 Å². The summed E-state index contributed by atoms with van der Waals surface area (Å²) >= 11 is 0. The molecule has 1 atom stereocenters. The number of rotatable bonds is 2. The number of nitrogens with one attached hydrogen (secondary N) is 1. The molecule has 15 heavy (non-hydrogen) atoms. The molecule has 2 rings (SSSR count). The van der Waals surface area contributed by atoms with Gasteiger partial charge in [0.05, 0.1) is 11.4 Å². The smallest absolute Gasteiger partial charge is 0.0788 e. The first kappa shape index (κ1) is 10.3. The van der Waals surface area contributed by atoms with Gasteiger partial charge in [-0.15, -0.1) is 5.12 Å². The number of nitrogens with zero attached hydrogens (tertiary/aromatic N) is 2. The molecule has 0 radical (unpaired) electrons. The number of hydrogen-bond acceptors (Lipinski definition) is 3. The third kappa shape index (κ3) is 1.67. The molecule has 0 saturated carbocycles. The molecule has 0 aliphatic carbocycles. The normalized spacial score (nSPS) is 17.5. The summed E-state index contributed by atoms with van der Waals surface area (Å²) < 4.78 is 0. The zero-order valence-electron chi connectivity index (χ0n) is 9.91. The first-order valence-corrected chi connectivity index (χ1v) is 5.53. The van der Waals surface area contributed by atoms with Gasteiger partial charge in [-0.3, -0.25) is 10.4 Å². The van der Waals surface area contributed by atoms with Crippen molar-refractivity contribution < 1.29 is 0 Å². The van der Waals surface area contributed by atoms with Crippen molar-refractivity contribution in [3.05, 3.63) is 23.8 Å². The van der Waals surface area contributed by atoms with Crippen LogP contribution in [0, 0.1) is 6.92 Å². The minimum absolute atomic E-state index is 0.520. The van der Waals surface area contributed by atoms with Crippen LogP contribution in [0.5, 0.6) is 0 Å². The van der Waals surface area contributed by atoms with Crippen molar-refractivity contribution in [1.82, 2.24) is 5.12 Å². The molecule has 0 saturated heterocycles. The Balaban J connectivity index is 2.37. The van der Waals surface area contributed by atoms with Crippen LogP contribution in [0.25, 0.3) is 0 Å². The SMILES string of the molecule is CCC(C)N1c2ccc(C)cc2NN1C. The second kappa shape index (κ2) is 3.74. The van der Waals surface area contributed by atoms with Crippen molar-refractivity contribution in [2.75, 3.05) is 17.5 Å². The topological polar surface area (TPSA) is 18.5 Å². The van der Waals surface area contributed by atoms with E-state index in [1.54, 1.807) is 0 Å². The third-order valence-electron chi connectivity index (χ3n) is 3.01. The predicted molar refractivity (Wildman–Crippen MR) is 64.8 cm³/mol. The quantitative estimate of drug-likeness (QED) is 0.801. The number of aryl methyl sites for hydroxylation is 1. The fourth-order valence-corrected chi connectivity index (χ4v) is 2.04. The van der Waals surface area contributed by atoms with E-state index < -0.39 is 0 Å². The van der Waals surface area contributed by atoms with E-state index in [0.29, 0.717) is 6.04 Å². The van der Waals surface area contributed by atoms with Gasteiger partial charge in [-0.25, -0.2) is 0 Å². The van der Waals surface area contributed by atoms with Crippen molar-refractivity contribution in [1.29, 1.82) is 0 Å². The maximum absolute atomic E-state index is 3.36. The van der Waals surface area contributed by atoms with Crippen molar-refractivity contribution in [3.8, 4) is 0 Å². The van der Waals surface area contributed by atoms with Gasteiger partial charge in [0.15, 0.2) is 0 Å². The second-order valence-corrected chi connectivity index (χ2v) is 4.26. The van der Waals surface area contributed by atoms with Crippen molar-refractivity contribution in [2.24, 2.45) is 0 Å². The van der Waals surface area contributed by atoms with Gasteiger partial charge < -0.3 is 0 Å². The standard InChI is InChI=1S/C12H19N3/c1-5-10(3)15-12-7-6-9(2)8-11(12)13-14(15)4/h6-8,10,13H,5H2,1-4H3. The van der Waals surface area contributed by atoms with Crippen molar-refractivity contribution in [2.45, 2.75) is 33.2 Å². The molecule has 1 N–H and O–H groups in total. The highest BCUT2D eigenvalue weighted by atomic mass is 15.8. The molecule has 0 amide bonds. The van der Waals surface area contributed by atoms with Crippen LogP contribution in [0.1, 0.15) is 25.8 Å². The molecule has 1 aromatic carbocycles. The van der Waals surface area contributed by atoms with Gasteiger partial charge in [0.25, 0.3) is 0 Å². The Morgan fingerprint density at radius 2 is 2.13 bits per heavy atom. The van der Waals surface area contributed by atoms with E-state index in [1.165, 1.54) is 16.9 Å². The molecular formula is C12H19N3. The van der Waals surface area contributed by atoms with E-state index in [2.05, 4.69) is 61.6 Å².